The van der Waals surface area contributed by atoms with Crippen LogP contribution in [0.4, 0.5) is 5.69 Å². The van der Waals surface area contributed by atoms with E-state index in [-0.39, 0.29) is 18.2 Å². The molecule has 1 fully saturated rings. The van der Waals surface area contributed by atoms with Crippen LogP contribution in [0.5, 0.6) is 0 Å². The Bertz CT molecular complexity index is 1280. The van der Waals surface area contributed by atoms with E-state index in [0.717, 1.165) is 25.8 Å². The Kier molecular flexibility index (Phi) is 5.47. The summed E-state index contributed by atoms with van der Waals surface area (Å²) in [5.41, 5.74) is 3.26. The molecule has 3 aromatic carbocycles. The van der Waals surface area contributed by atoms with Crippen LogP contribution in [0.25, 0.3) is 0 Å². The summed E-state index contributed by atoms with van der Waals surface area (Å²) >= 11 is 14.8. The van der Waals surface area contributed by atoms with E-state index in [1.165, 1.54) is 0 Å². The summed E-state index contributed by atoms with van der Waals surface area (Å²) in [6.07, 6.45) is 0.176. The average Bonchev–Trinajstić information content (AvgIpc) is 3.02. The molecule has 162 valence electrons. The largest absolute Gasteiger partial charge is 0.348 e. The van der Waals surface area contributed by atoms with Crippen LogP contribution in [0, 0.1) is 10.5 Å². The quantitative estimate of drug-likeness (QED) is 0.360. The highest BCUT2D eigenvalue weighted by Gasteiger charge is 2.61. The van der Waals surface area contributed by atoms with Gasteiger partial charge in [0.15, 0.2) is 0 Å². The van der Waals surface area contributed by atoms with Crippen molar-refractivity contribution in [2.75, 3.05) is 5.32 Å². The second kappa shape index (κ2) is 8.04. The summed E-state index contributed by atoms with van der Waals surface area (Å²) in [5.74, 6) is -0.651. The number of amides is 2. The number of benzene rings is 3. The van der Waals surface area contributed by atoms with Crippen molar-refractivity contribution in [3.05, 3.63) is 96.5 Å². The number of fused-ring (bicyclic) bond motifs is 2. The van der Waals surface area contributed by atoms with Gasteiger partial charge in [0.1, 0.15) is 5.41 Å². The molecule has 0 bridgehead atoms. The van der Waals surface area contributed by atoms with Crippen molar-refractivity contribution < 1.29 is 9.59 Å². The van der Waals surface area contributed by atoms with Gasteiger partial charge in [0.05, 0.1) is 6.04 Å². The number of carbonyl (C=O) groups excluding carboxylic acids is 2. The number of carbonyl (C=O) groups is 2. The second-order valence-corrected chi connectivity index (χ2v) is 10.4. The van der Waals surface area contributed by atoms with E-state index in [9.17, 15) is 9.59 Å². The van der Waals surface area contributed by atoms with Crippen molar-refractivity contribution in [2.45, 2.75) is 30.7 Å². The van der Waals surface area contributed by atoms with Crippen molar-refractivity contribution in [2.24, 2.45) is 0 Å². The van der Waals surface area contributed by atoms with E-state index in [1.807, 2.05) is 49.4 Å². The van der Waals surface area contributed by atoms with E-state index in [2.05, 4.69) is 33.2 Å². The highest BCUT2D eigenvalue weighted by atomic mass is 127. The molecule has 0 aliphatic carbocycles. The maximum Gasteiger partial charge on any atom is 0.238 e. The molecule has 2 aliphatic heterocycles. The molecular weight excluding hydrogens is 558 g/mol. The van der Waals surface area contributed by atoms with Crippen LogP contribution in [0.1, 0.15) is 40.6 Å². The molecule has 2 N–H and O–H groups in total. The minimum atomic E-state index is -1.05. The fourth-order valence-electron chi connectivity index (χ4n) is 5.19. The number of nitrogens with one attached hydrogen (secondary N) is 2. The molecule has 3 aromatic rings. The van der Waals surface area contributed by atoms with Crippen molar-refractivity contribution in [3.63, 3.8) is 0 Å². The van der Waals surface area contributed by atoms with Gasteiger partial charge in [0, 0.05) is 31.6 Å². The first-order chi connectivity index (χ1) is 15.3. The Morgan fingerprint density at radius 2 is 1.78 bits per heavy atom. The van der Waals surface area contributed by atoms with Gasteiger partial charge in [-0.05, 0) is 88.2 Å². The lowest BCUT2D eigenvalue weighted by Crippen LogP contribution is -2.57. The normalized spacial score (nSPS) is 24.2. The number of anilines is 1. The Labute approximate surface area is 209 Å². The lowest BCUT2D eigenvalue weighted by molar-refractivity contribution is -0.131. The lowest BCUT2D eigenvalue weighted by atomic mass is 9.59. The number of halogens is 3. The van der Waals surface area contributed by atoms with Gasteiger partial charge in [-0.25, -0.2) is 0 Å². The van der Waals surface area contributed by atoms with Gasteiger partial charge < -0.3 is 10.6 Å². The van der Waals surface area contributed by atoms with E-state index in [1.54, 1.807) is 18.2 Å². The number of hydrogen-bond donors (Lipinski definition) is 2. The second-order valence-electron chi connectivity index (χ2n) is 8.33. The van der Waals surface area contributed by atoms with Gasteiger partial charge >= 0.3 is 0 Å². The molecular formula is C25H19Cl2IN2O2. The molecule has 32 heavy (non-hydrogen) atoms. The van der Waals surface area contributed by atoms with Crippen molar-refractivity contribution >= 4 is 63.3 Å². The summed E-state index contributed by atoms with van der Waals surface area (Å²) in [6.45, 7) is 2.00. The third kappa shape index (κ3) is 3.33. The van der Waals surface area contributed by atoms with Gasteiger partial charge in [0.25, 0.3) is 0 Å². The highest BCUT2D eigenvalue weighted by Crippen LogP contribution is 2.58. The highest BCUT2D eigenvalue weighted by molar-refractivity contribution is 14.1. The Balaban J connectivity index is 1.83. The molecule has 1 spiro atoms. The Hall–Kier alpha value is -2.09. The first-order valence-corrected chi connectivity index (χ1v) is 12.1. The average molecular weight is 577 g/mol. The van der Waals surface area contributed by atoms with Crippen LogP contribution in [0.15, 0.2) is 60.7 Å². The summed E-state index contributed by atoms with van der Waals surface area (Å²) in [6, 6.07) is 18.5. The predicted octanol–water partition coefficient (Wildman–Crippen LogP) is 6.14. The zero-order valence-corrected chi connectivity index (χ0v) is 20.8. The predicted molar refractivity (Wildman–Crippen MR) is 135 cm³/mol. The maximum absolute atomic E-state index is 13.9. The minimum Gasteiger partial charge on any atom is -0.348 e. The van der Waals surface area contributed by atoms with Crippen molar-refractivity contribution in [1.29, 1.82) is 0 Å². The first kappa shape index (κ1) is 21.7. The van der Waals surface area contributed by atoms with E-state index < -0.39 is 17.4 Å². The molecule has 3 atom stereocenters. The number of hydrogen-bond acceptors (Lipinski definition) is 2. The monoisotopic (exact) mass is 576 g/mol. The molecule has 2 heterocycles. The fourth-order valence-corrected chi connectivity index (χ4v) is 6.08. The zero-order valence-electron chi connectivity index (χ0n) is 17.1. The number of piperidine rings is 1. The molecule has 0 saturated carbocycles. The van der Waals surface area contributed by atoms with Crippen LogP contribution in [0.3, 0.4) is 0 Å². The lowest BCUT2D eigenvalue weighted by Gasteiger charge is -2.46. The summed E-state index contributed by atoms with van der Waals surface area (Å²) in [4.78, 5) is 27.0. The Morgan fingerprint density at radius 3 is 2.56 bits per heavy atom. The smallest absolute Gasteiger partial charge is 0.238 e. The van der Waals surface area contributed by atoms with Crippen LogP contribution in [-0.2, 0) is 15.0 Å². The van der Waals surface area contributed by atoms with Crippen LogP contribution in [-0.4, -0.2) is 11.8 Å². The van der Waals surface area contributed by atoms with Gasteiger partial charge in [-0.15, -0.1) is 0 Å². The number of rotatable bonds is 2. The van der Waals surface area contributed by atoms with E-state index >= 15 is 0 Å². The van der Waals surface area contributed by atoms with Gasteiger partial charge in [-0.3, -0.25) is 9.59 Å². The summed E-state index contributed by atoms with van der Waals surface area (Å²) < 4.78 is 1.03. The van der Waals surface area contributed by atoms with Crippen LogP contribution < -0.4 is 10.6 Å². The number of aryl methyl sites for hydroxylation is 1. The molecule has 7 heteroatoms. The molecule has 0 radical (unpaired) electrons. The zero-order chi connectivity index (χ0) is 22.6. The minimum absolute atomic E-state index is 0.0981. The molecule has 1 saturated heterocycles. The Morgan fingerprint density at radius 1 is 1.00 bits per heavy atom. The van der Waals surface area contributed by atoms with E-state index in [0.29, 0.717) is 15.7 Å². The van der Waals surface area contributed by atoms with Crippen LogP contribution in [0.2, 0.25) is 10.0 Å². The van der Waals surface area contributed by atoms with Gasteiger partial charge in [0.2, 0.25) is 11.8 Å². The molecule has 4 nitrogen and oxygen atoms in total. The summed E-state index contributed by atoms with van der Waals surface area (Å²) in [5, 5.41) is 7.33. The standard InChI is InChI=1S/C25H19Cl2IN2O2/c1-13-5-7-17(28)11-18(13)23-25(19-8-6-16(27)10-21(19)29-24(25)32)20(12-22(31)30-23)14-3-2-4-15(26)9-14/h2-11,20,23H,12H2,1H3,(H,29,32)(H,30,31). The molecule has 3 unspecified atom stereocenters. The van der Waals surface area contributed by atoms with E-state index in [4.69, 9.17) is 23.2 Å². The van der Waals surface area contributed by atoms with Crippen LogP contribution >= 0.6 is 45.8 Å². The van der Waals surface area contributed by atoms with Gasteiger partial charge in [-0.1, -0.05) is 47.5 Å². The topological polar surface area (TPSA) is 58.2 Å². The third-order valence-corrected chi connectivity index (χ3v) is 7.70. The van der Waals surface area contributed by atoms with Gasteiger partial charge in [-0.2, -0.15) is 0 Å². The molecule has 5 rings (SSSR count). The molecule has 2 amide bonds. The molecule has 0 aromatic heterocycles. The fraction of sp³-hybridized carbons (Fsp3) is 0.200. The van der Waals surface area contributed by atoms with Crippen molar-refractivity contribution in [1.82, 2.24) is 5.32 Å². The maximum atomic E-state index is 13.9. The first-order valence-electron chi connectivity index (χ1n) is 10.2. The van der Waals surface area contributed by atoms with Crippen molar-refractivity contribution in [3.8, 4) is 0 Å². The molecule has 2 aliphatic rings. The SMILES string of the molecule is Cc1ccc(I)cc1C1NC(=O)CC(c2cccc(Cl)c2)C12C(=O)Nc1cc(Cl)ccc12. The summed E-state index contributed by atoms with van der Waals surface area (Å²) in [7, 11) is 0. The third-order valence-electron chi connectivity index (χ3n) is 6.55.